The van der Waals surface area contributed by atoms with Crippen LogP contribution in [0.25, 0.3) is 0 Å². The Labute approximate surface area is 130 Å². The van der Waals surface area contributed by atoms with Crippen molar-refractivity contribution in [3.63, 3.8) is 0 Å². The van der Waals surface area contributed by atoms with Gasteiger partial charge in [-0.1, -0.05) is 0 Å². The van der Waals surface area contributed by atoms with Gasteiger partial charge in [-0.05, 0) is 0 Å². The van der Waals surface area contributed by atoms with Gasteiger partial charge >= 0.3 is 0 Å². The minimum atomic E-state index is -1.72. The van der Waals surface area contributed by atoms with E-state index in [1.54, 1.807) is 0 Å². The molecule has 0 aliphatic carbocycles. The van der Waals surface area contributed by atoms with E-state index < -0.39 is 74.6 Å². The van der Waals surface area contributed by atoms with Crippen molar-refractivity contribution in [1.29, 1.82) is 0 Å². The largest absolute Gasteiger partial charge is 0.394 e. The van der Waals surface area contributed by atoms with E-state index in [2.05, 4.69) is 0 Å². The molecule has 0 spiro atoms. The first kappa shape index (κ1) is 18.9. The van der Waals surface area contributed by atoms with E-state index in [0.717, 1.165) is 0 Å². The van der Waals surface area contributed by atoms with Crippen LogP contribution in [0.3, 0.4) is 0 Å². The first-order chi connectivity index (χ1) is 10.8. The Kier molecular flexibility index (Phi) is 6.27. The van der Waals surface area contributed by atoms with Gasteiger partial charge in [-0.25, -0.2) is 0 Å². The fourth-order valence-corrected chi connectivity index (χ4v) is 2.49. The standard InChI is InChI=1S/C12H22O11/c13-1-3-5(15)7(17)9(19)11(21-3)23-12-10(20)8(18)6(16)4(2-14)22-12/h3-20H,1-2H2/t3-,4-,5-,6-,7+,8+,9-,10-,11+,12+/m0/s1. The minimum absolute atomic E-state index is 0.667. The lowest BCUT2D eigenvalue weighted by atomic mass is 9.98. The summed E-state index contributed by atoms with van der Waals surface area (Å²) in [6.45, 7) is -1.33. The zero-order valence-corrected chi connectivity index (χ0v) is 12.0. The summed E-state index contributed by atoms with van der Waals surface area (Å²) >= 11 is 0. The van der Waals surface area contributed by atoms with E-state index in [0.29, 0.717) is 0 Å². The van der Waals surface area contributed by atoms with E-state index >= 15 is 0 Å². The number of ether oxygens (including phenoxy) is 3. The van der Waals surface area contributed by atoms with Crippen LogP contribution in [0.4, 0.5) is 0 Å². The number of hydrogen-bond donors (Lipinski definition) is 8. The highest BCUT2D eigenvalue weighted by Crippen LogP contribution is 2.27. The summed E-state index contributed by atoms with van der Waals surface area (Å²) in [6.07, 6.45) is -15.6. The molecular weight excluding hydrogens is 320 g/mol. The molecule has 0 aromatic heterocycles. The molecule has 0 saturated carbocycles. The number of aliphatic hydroxyl groups excluding tert-OH is 8. The molecule has 2 saturated heterocycles. The van der Waals surface area contributed by atoms with Crippen molar-refractivity contribution in [3.05, 3.63) is 0 Å². The zero-order valence-electron chi connectivity index (χ0n) is 12.0. The highest BCUT2D eigenvalue weighted by atomic mass is 16.8. The summed E-state index contributed by atoms with van der Waals surface area (Å²) in [5.74, 6) is 0. The Morgan fingerprint density at radius 3 is 1.22 bits per heavy atom. The van der Waals surface area contributed by atoms with E-state index in [1.807, 2.05) is 0 Å². The Hall–Kier alpha value is -0.440. The average Bonchev–Trinajstić information content (AvgIpc) is 2.55. The molecule has 11 nitrogen and oxygen atoms in total. The van der Waals surface area contributed by atoms with Crippen molar-refractivity contribution in [2.75, 3.05) is 13.2 Å². The molecule has 0 unspecified atom stereocenters. The molecule has 0 radical (unpaired) electrons. The van der Waals surface area contributed by atoms with E-state index in [9.17, 15) is 30.6 Å². The highest BCUT2D eigenvalue weighted by Gasteiger charge is 2.49. The maximum atomic E-state index is 9.84. The molecule has 2 heterocycles. The molecule has 10 atom stereocenters. The smallest absolute Gasteiger partial charge is 0.189 e. The summed E-state index contributed by atoms with van der Waals surface area (Å²) < 4.78 is 15.3. The summed E-state index contributed by atoms with van der Waals surface area (Å²) in [5.41, 5.74) is 0. The first-order valence-corrected chi connectivity index (χ1v) is 7.08. The van der Waals surface area contributed by atoms with Gasteiger partial charge in [0.1, 0.15) is 48.8 Å². The third-order valence-electron chi connectivity index (χ3n) is 3.97. The maximum Gasteiger partial charge on any atom is 0.189 e. The lowest BCUT2D eigenvalue weighted by molar-refractivity contribution is -0.376. The average molecular weight is 342 g/mol. The predicted octanol–water partition coefficient (Wildman–Crippen LogP) is -5.40. The Morgan fingerprint density at radius 1 is 0.565 bits per heavy atom. The summed E-state index contributed by atoms with van der Waals surface area (Å²) in [4.78, 5) is 0. The molecule has 2 fully saturated rings. The molecule has 2 rings (SSSR count). The van der Waals surface area contributed by atoms with Crippen molar-refractivity contribution in [2.45, 2.75) is 61.4 Å². The van der Waals surface area contributed by atoms with Crippen LogP contribution in [0, 0.1) is 0 Å². The quantitative estimate of drug-likeness (QED) is 0.243. The SMILES string of the molecule is OC[C@@H]1O[C@H](O[C@H]2O[C@@H](CO)[C@H](O)[C@@H](O)[C@@H]2O)[C@@H](O)[C@H](O)[C@H]1O. The van der Waals surface area contributed by atoms with Gasteiger partial charge in [0.15, 0.2) is 12.6 Å². The summed E-state index contributed by atoms with van der Waals surface area (Å²) in [6, 6.07) is 0. The number of hydrogen-bond acceptors (Lipinski definition) is 11. The second kappa shape index (κ2) is 7.63. The van der Waals surface area contributed by atoms with Crippen LogP contribution >= 0.6 is 0 Å². The first-order valence-electron chi connectivity index (χ1n) is 7.08. The Morgan fingerprint density at radius 2 is 0.913 bits per heavy atom. The second-order valence-corrected chi connectivity index (χ2v) is 5.53. The molecule has 11 heteroatoms. The normalized spacial score (nSPS) is 51.7. The Bertz CT molecular complexity index is 344. The second-order valence-electron chi connectivity index (χ2n) is 5.53. The van der Waals surface area contributed by atoms with Crippen molar-refractivity contribution in [1.82, 2.24) is 0 Å². The van der Waals surface area contributed by atoms with Crippen molar-refractivity contribution in [3.8, 4) is 0 Å². The van der Waals surface area contributed by atoms with Gasteiger partial charge in [0.05, 0.1) is 13.2 Å². The fraction of sp³-hybridized carbons (Fsp3) is 1.00. The van der Waals surface area contributed by atoms with Gasteiger partial charge < -0.3 is 55.1 Å². The number of rotatable bonds is 4. The number of aliphatic hydroxyl groups is 8. The van der Waals surface area contributed by atoms with Gasteiger partial charge in [-0.3, -0.25) is 0 Å². The van der Waals surface area contributed by atoms with Crippen molar-refractivity contribution in [2.24, 2.45) is 0 Å². The van der Waals surface area contributed by atoms with E-state index in [1.165, 1.54) is 0 Å². The monoisotopic (exact) mass is 342 g/mol. The third kappa shape index (κ3) is 3.65. The molecule has 0 amide bonds. The van der Waals surface area contributed by atoms with E-state index in [4.69, 9.17) is 24.4 Å². The van der Waals surface area contributed by atoms with Crippen molar-refractivity contribution < 1.29 is 55.1 Å². The predicted molar refractivity (Wildman–Crippen MR) is 68.6 cm³/mol. The zero-order chi connectivity index (χ0) is 17.3. The lowest BCUT2D eigenvalue weighted by Gasteiger charge is -2.44. The molecule has 23 heavy (non-hydrogen) atoms. The maximum absolute atomic E-state index is 9.84. The Balaban J connectivity index is 2.07. The molecule has 0 bridgehead atoms. The lowest BCUT2D eigenvalue weighted by Crippen LogP contribution is -2.63. The van der Waals surface area contributed by atoms with Crippen LogP contribution in [0.2, 0.25) is 0 Å². The summed E-state index contributed by atoms with van der Waals surface area (Å²) in [5, 5.41) is 76.4. The van der Waals surface area contributed by atoms with Gasteiger partial charge in [-0.2, -0.15) is 0 Å². The molecule has 2 aliphatic rings. The van der Waals surface area contributed by atoms with Gasteiger partial charge in [-0.15, -0.1) is 0 Å². The fourth-order valence-electron chi connectivity index (χ4n) is 2.49. The highest BCUT2D eigenvalue weighted by molar-refractivity contribution is 4.92. The minimum Gasteiger partial charge on any atom is -0.394 e. The van der Waals surface area contributed by atoms with Crippen LogP contribution in [0.1, 0.15) is 0 Å². The topological polar surface area (TPSA) is 190 Å². The summed E-state index contributed by atoms with van der Waals surface area (Å²) in [7, 11) is 0. The van der Waals surface area contributed by atoms with Gasteiger partial charge in [0.25, 0.3) is 0 Å². The van der Waals surface area contributed by atoms with Gasteiger partial charge in [0.2, 0.25) is 0 Å². The van der Waals surface area contributed by atoms with Crippen LogP contribution in [-0.2, 0) is 14.2 Å². The van der Waals surface area contributed by atoms with E-state index in [-0.39, 0.29) is 0 Å². The molecule has 2 aliphatic heterocycles. The molecular formula is C12H22O11. The molecule has 0 aromatic rings. The van der Waals surface area contributed by atoms with Crippen LogP contribution in [-0.4, -0.2) is 115 Å². The van der Waals surface area contributed by atoms with Crippen LogP contribution in [0.15, 0.2) is 0 Å². The van der Waals surface area contributed by atoms with Gasteiger partial charge in [0, 0.05) is 0 Å². The van der Waals surface area contributed by atoms with Crippen LogP contribution < -0.4 is 0 Å². The van der Waals surface area contributed by atoms with Crippen LogP contribution in [0.5, 0.6) is 0 Å². The van der Waals surface area contributed by atoms with Crippen molar-refractivity contribution >= 4 is 0 Å². The third-order valence-corrected chi connectivity index (χ3v) is 3.97. The molecule has 0 aromatic carbocycles. The molecule has 136 valence electrons. The molecule has 8 N–H and O–H groups in total.